The summed E-state index contributed by atoms with van der Waals surface area (Å²) in [5.41, 5.74) is 0. The number of phosphoric acid groups is 1. The second-order valence-corrected chi connectivity index (χ2v) is 3.34. The van der Waals surface area contributed by atoms with Gasteiger partial charge in [0, 0.05) is 0 Å². The molecule has 8 nitrogen and oxygen atoms in total. The molecule has 12 heteroatoms. The van der Waals surface area contributed by atoms with Crippen molar-refractivity contribution < 1.29 is 43.1 Å². The van der Waals surface area contributed by atoms with Gasteiger partial charge in [-0.1, -0.05) is 0 Å². The molecule has 76 valence electrons. The SMILES string of the molecule is F.O=P(O)(O)O.O[Si](O)(O)O.[CaH2]. The fourth-order valence-electron chi connectivity index (χ4n) is 0. The van der Waals surface area contributed by atoms with Crippen LogP contribution >= 0.6 is 7.82 Å². The molecule has 0 heterocycles. The molecule has 0 aromatic heterocycles. The van der Waals surface area contributed by atoms with Gasteiger partial charge in [-0.3, -0.25) is 4.70 Å². The van der Waals surface area contributed by atoms with Crippen molar-refractivity contribution >= 4 is 54.6 Å². The molecule has 0 aliphatic heterocycles. The molecule has 7 N–H and O–H groups in total. The summed E-state index contributed by atoms with van der Waals surface area (Å²) in [6, 6.07) is 0. The van der Waals surface area contributed by atoms with Gasteiger partial charge in [-0.15, -0.1) is 0 Å². The van der Waals surface area contributed by atoms with E-state index < -0.39 is 16.9 Å². The van der Waals surface area contributed by atoms with Crippen LogP contribution in [0.4, 0.5) is 4.70 Å². The Morgan fingerprint density at radius 2 is 0.917 bits per heavy atom. The Balaban J connectivity index is -0.0000000457. The zero-order chi connectivity index (χ0) is 9.00. The zero-order valence-corrected chi connectivity index (χ0v) is 6.79. The molecule has 0 saturated heterocycles. The van der Waals surface area contributed by atoms with E-state index in [-0.39, 0.29) is 42.4 Å². The summed E-state index contributed by atoms with van der Waals surface area (Å²) in [6.07, 6.45) is 0. The molecule has 0 amide bonds. The number of hydrogen-bond acceptors (Lipinski definition) is 5. The van der Waals surface area contributed by atoms with Gasteiger partial charge in [0.25, 0.3) is 0 Å². The van der Waals surface area contributed by atoms with Crippen molar-refractivity contribution in [1.82, 2.24) is 0 Å². The third-order valence-electron chi connectivity index (χ3n) is 0. The van der Waals surface area contributed by atoms with E-state index in [4.69, 9.17) is 38.4 Å². The Kier molecular flexibility index (Phi) is 17.3. The summed E-state index contributed by atoms with van der Waals surface area (Å²) in [6.45, 7) is 0. The van der Waals surface area contributed by atoms with Crippen molar-refractivity contribution in [3.8, 4) is 0 Å². The number of halogens is 1. The van der Waals surface area contributed by atoms with E-state index in [2.05, 4.69) is 0 Å². The van der Waals surface area contributed by atoms with E-state index in [1.54, 1.807) is 0 Å². The second kappa shape index (κ2) is 8.93. The van der Waals surface area contributed by atoms with Gasteiger partial charge in [0.15, 0.2) is 0 Å². The number of rotatable bonds is 0. The summed E-state index contributed by atoms with van der Waals surface area (Å²) in [7, 11) is -9.25. The van der Waals surface area contributed by atoms with E-state index in [1.165, 1.54) is 0 Å². The normalized spacial score (nSPS) is 9.92. The third kappa shape index (κ3) is 662. The molecule has 0 atom stereocenters. The van der Waals surface area contributed by atoms with Crippen LogP contribution in [0.1, 0.15) is 0 Å². The van der Waals surface area contributed by atoms with Gasteiger partial charge in [-0.25, -0.2) is 4.57 Å². The van der Waals surface area contributed by atoms with Crippen molar-refractivity contribution in [2.45, 2.75) is 0 Å². The van der Waals surface area contributed by atoms with Crippen LogP contribution in [0.25, 0.3) is 0 Å². The number of hydrogen-bond donors (Lipinski definition) is 7. The van der Waals surface area contributed by atoms with Crippen LogP contribution in [0, 0.1) is 0 Å². The minimum absolute atomic E-state index is 0. The maximum absolute atomic E-state index is 8.88. The summed E-state index contributed by atoms with van der Waals surface area (Å²) >= 11 is 0. The first-order chi connectivity index (χ1) is 4.00. The molecule has 0 bridgehead atoms. The molecule has 12 heavy (non-hydrogen) atoms. The zero-order valence-electron chi connectivity index (χ0n) is 4.89. The Hall–Kier alpha value is 1.36. The molecular weight excluding hydrogens is 246 g/mol. The summed E-state index contributed by atoms with van der Waals surface area (Å²) < 4.78 is 8.88. The Morgan fingerprint density at radius 3 is 0.917 bits per heavy atom. The topological polar surface area (TPSA) is 159 Å². The average molecular weight is 256 g/mol. The summed E-state index contributed by atoms with van der Waals surface area (Å²) in [4.78, 5) is 50.9. The van der Waals surface area contributed by atoms with Gasteiger partial charge >= 0.3 is 54.6 Å². The van der Waals surface area contributed by atoms with Gasteiger partial charge < -0.3 is 33.9 Å². The van der Waals surface area contributed by atoms with Crippen molar-refractivity contribution in [1.29, 1.82) is 0 Å². The predicted octanol–water partition coefficient (Wildman–Crippen LogP) is -4.30. The summed E-state index contributed by atoms with van der Waals surface area (Å²) in [5.74, 6) is 0. The molecule has 0 rings (SSSR count). The molecule has 0 fully saturated rings. The molecule has 0 radical (unpaired) electrons. The molecule has 0 aliphatic rings. The van der Waals surface area contributed by atoms with Crippen LogP contribution in [0.3, 0.4) is 0 Å². The third-order valence-corrected chi connectivity index (χ3v) is 0. The molecular formula is H10CaFO8PSi. The molecule has 0 aliphatic carbocycles. The fourth-order valence-corrected chi connectivity index (χ4v) is 0. The van der Waals surface area contributed by atoms with Crippen molar-refractivity contribution in [2.24, 2.45) is 0 Å². The average Bonchev–Trinajstić information content (AvgIpc) is 1.12. The van der Waals surface area contributed by atoms with Crippen molar-refractivity contribution in [2.75, 3.05) is 0 Å². The van der Waals surface area contributed by atoms with Crippen molar-refractivity contribution in [3.05, 3.63) is 0 Å². The van der Waals surface area contributed by atoms with Crippen molar-refractivity contribution in [3.63, 3.8) is 0 Å². The molecule has 0 saturated carbocycles. The van der Waals surface area contributed by atoms with Gasteiger partial charge in [0.05, 0.1) is 0 Å². The van der Waals surface area contributed by atoms with E-state index >= 15 is 0 Å². The Labute approximate surface area is 97.2 Å². The predicted molar refractivity (Wildman–Crippen MR) is 39.9 cm³/mol. The first kappa shape index (κ1) is 23.3. The fraction of sp³-hybridized carbons (Fsp3) is 0. The molecule has 0 aromatic carbocycles. The van der Waals surface area contributed by atoms with Crippen LogP contribution in [0.2, 0.25) is 0 Å². The molecule has 0 spiro atoms. The Morgan fingerprint density at radius 1 is 0.917 bits per heavy atom. The molecule has 0 unspecified atom stereocenters. The quantitative estimate of drug-likeness (QED) is 0.169. The van der Waals surface area contributed by atoms with Crippen LogP contribution in [0.5, 0.6) is 0 Å². The maximum atomic E-state index is 8.88. The summed E-state index contributed by atoms with van der Waals surface area (Å²) in [5, 5.41) is 0. The van der Waals surface area contributed by atoms with E-state index in [0.29, 0.717) is 0 Å². The van der Waals surface area contributed by atoms with Gasteiger partial charge in [-0.05, 0) is 0 Å². The first-order valence-electron chi connectivity index (χ1n) is 1.68. The van der Waals surface area contributed by atoms with E-state index in [1.807, 2.05) is 0 Å². The van der Waals surface area contributed by atoms with Crippen LogP contribution in [-0.4, -0.2) is 80.6 Å². The van der Waals surface area contributed by atoms with Gasteiger partial charge in [0.1, 0.15) is 0 Å². The van der Waals surface area contributed by atoms with Crippen LogP contribution in [-0.2, 0) is 4.57 Å². The van der Waals surface area contributed by atoms with E-state index in [9.17, 15) is 0 Å². The Bertz CT molecular complexity index is 111. The monoisotopic (exact) mass is 256 g/mol. The van der Waals surface area contributed by atoms with Gasteiger partial charge in [-0.2, -0.15) is 0 Å². The first-order valence-corrected chi connectivity index (χ1v) is 5.03. The molecule has 0 aromatic rings. The van der Waals surface area contributed by atoms with Gasteiger partial charge in [0.2, 0.25) is 0 Å². The standard InChI is InChI=1S/Ca.FH.H3O4P.H4O4Si.2H/c;;2*1-5(2,3)4;;/h;1H;(H3,1,2,3,4);1-4H;;. The van der Waals surface area contributed by atoms with Crippen LogP contribution < -0.4 is 0 Å². The van der Waals surface area contributed by atoms with E-state index in [0.717, 1.165) is 0 Å². The second-order valence-electron chi connectivity index (χ2n) is 1.11. The minimum atomic E-state index is -4.64. The van der Waals surface area contributed by atoms with Crippen LogP contribution in [0.15, 0.2) is 0 Å².